The monoisotopic (exact) mass is 228 g/mol. The minimum atomic E-state index is 0.235. The predicted octanol–water partition coefficient (Wildman–Crippen LogP) is 2.85. The molecule has 0 aliphatic carbocycles. The molecule has 2 unspecified atom stereocenters. The number of rotatable bonds is 2. The maximum absolute atomic E-state index is 11.2. The molecular formula is C14H16N2O. The molecule has 1 fully saturated rings. The second-order valence-electron chi connectivity index (χ2n) is 4.78. The lowest BCUT2D eigenvalue weighted by atomic mass is 10.0. The quantitative estimate of drug-likeness (QED) is 0.788. The van der Waals surface area contributed by atoms with E-state index in [-0.39, 0.29) is 6.04 Å². The first-order valence-electron chi connectivity index (χ1n) is 6.10. The highest BCUT2D eigenvalue weighted by molar-refractivity contribution is 5.83. The second-order valence-corrected chi connectivity index (χ2v) is 4.78. The Balaban J connectivity index is 2.07. The molecule has 3 nitrogen and oxygen atoms in total. The van der Waals surface area contributed by atoms with E-state index < -0.39 is 0 Å². The molecule has 1 aliphatic rings. The molecule has 1 aromatic heterocycles. The third kappa shape index (κ3) is 1.54. The SMILES string of the molecule is CC1CCC(c2c[nH]c3ccccc23)N1C=O. The second kappa shape index (κ2) is 3.91. The fraction of sp³-hybridized carbons (Fsp3) is 0.357. The fourth-order valence-electron chi connectivity index (χ4n) is 2.87. The molecule has 17 heavy (non-hydrogen) atoms. The maximum Gasteiger partial charge on any atom is 0.210 e. The summed E-state index contributed by atoms with van der Waals surface area (Å²) in [5, 5.41) is 1.23. The number of likely N-dealkylation sites (tertiary alicyclic amines) is 1. The van der Waals surface area contributed by atoms with Crippen molar-refractivity contribution in [3.05, 3.63) is 36.0 Å². The van der Waals surface area contributed by atoms with Crippen molar-refractivity contribution in [2.24, 2.45) is 0 Å². The molecule has 88 valence electrons. The molecule has 1 aliphatic heterocycles. The van der Waals surface area contributed by atoms with Gasteiger partial charge in [-0.2, -0.15) is 0 Å². The lowest BCUT2D eigenvalue weighted by Crippen LogP contribution is -2.27. The summed E-state index contributed by atoms with van der Waals surface area (Å²) in [4.78, 5) is 16.4. The molecule has 0 bridgehead atoms. The van der Waals surface area contributed by atoms with Gasteiger partial charge in [-0.05, 0) is 31.4 Å². The Hall–Kier alpha value is -1.77. The van der Waals surface area contributed by atoms with Crippen LogP contribution in [0.2, 0.25) is 0 Å². The van der Waals surface area contributed by atoms with Crippen LogP contribution in [0.1, 0.15) is 31.4 Å². The van der Waals surface area contributed by atoms with Crippen LogP contribution in [0.25, 0.3) is 10.9 Å². The summed E-state index contributed by atoms with van der Waals surface area (Å²) in [5.41, 5.74) is 2.39. The molecule has 2 atom stereocenters. The van der Waals surface area contributed by atoms with Gasteiger partial charge in [0.1, 0.15) is 0 Å². The zero-order valence-electron chi connectivity index (χ0n) is 9.89. The van der Waals surface area contributed by atoms with Gasteiger partial charge in [-0.3, -0.25) is 4.79 Å². The van der Waals surface area contributed by atoms with Crippen molar-refractivity contribution in [2.75, 3.05) is 0 Å². The van der Waals surface area contributed by atoms with Gasteiger partial charge in [0.05, 0.1) is 6.04 Å². The summed E-state index contributed by atoms with van der Waals surface area (Å²) in [6.07, 6.45) is 5.18. The van der Waals surface area contributed by atoms with Crippen molar-refractivity contribution in [3.63, 3.8) is 0 Å². The van der Waals surface area contributed by atoms with E-state index in [1.807, 2.05) is 23.2 Å². The number of H-pyrrole nitrogens is 1. The fourth-order valence-corrected chi connectivity index (χ4v) is 2.87. The Morgan fingerprint density at radius 1 is 1.35 bits per heavy atom. The van der Waals surface area contributed by atoms with E-state index in [4.69, 9.17) is 0 Å². The van der Waals surface area contributed by atoms with Gasteiger partial charge in [0, 0.05) is 23.1 Å². The average molecular weight is 228 g/mol. The zero-order chi connectivity index (χ0) is 11.8. The zero-order valence-corrected chi connectivity index (χ0v) is 9.89. The van der Waals surface area contributed by atoms with Gasteiger partial charge in [0.15, 0.2) is 0 Å². The Labute approximate surface area is 100 Å². The van der Waals surface area contributed by atoms with Gasteiger partial charge >= 0.3 is 0 Å². The normalized spacial score (nSPS) is 24.4. The van der Waals surface area contributed by atoms with Gasteiger partial charge in [-0.15, -0.1) is 0 Å². The number of fused-ring (bicyclic) bond motifs is 1. The summed E-state index contributed by atoms with van der Waals surface area (Å²) in [7, 11) is 0. The third-order valence-corrected chi connectivity index (χ3v) is 3.83. The van der Waals surface area contributed by atoms with Crippen LogP contribution in [-0.4, -0.2) is 22.3 Å². The van der Waals surface area contributed by atoms with Gasteiger partial charge in [0.2, 0.25) is 6.41 Å². The number of carbonyl (C=O) groups is 1. The molecule has 1 aromatic carbocycles. The third-order valence-electron chi connectivity index (χ3n) is 3.83. The van der Waals surface area contributed by atoms with E-state index in [0.717, 1.165) is 24.8 Å². The number of carbonyl (C=O) groups excluding carboxylic acids is 1. The summed E-state index contributed by atoms with van der Waals surface area (Å²) < 4.78 is 0. The van der Waals surface area contributed by atoms with Crippen molar-refractivity contribution < 1.29 is 4.79 Å². The van der Waals surface area contributed by atoms with E-state index in [0.29, 0.717) is 6.04 Å². The van der Waals surface area contributed by atoms with E-state index >= 15 is 0 Å². The molecule has 1 amide bonds. The minimum absolute atomic E-state index is 0.235. The highest BCUT2D eigenvalue weighted by Crippen LogP contribution is 2.37. The number of hydrogen-bond acceptors (Lipinski definition) is 1. The van der Waals surface area contributed by atoms with Crippen molar-refractivity contribution in [1.29, 1.82) is 0 Å². The highest BCUT2D eigenvalue weighted by Gasteiger charge is 2.31. The molecule has 2 aromatic rings. The molecule has 2 heterocycles. The Morgan fingerprint density at radius 3 is 3.00 bits per heavy atom. The molecule has 0 spiro atoms. The molecule has 3 rings (SSSR count). The summed E-state index contributed by atoms with van der Waals surface area (Å²) in [5.74, 6) is 0. The van der Waals surface area contributed by atoms with Gasteiger partial charge in [-0.25, -0.2) is 0 Å². The van der Waals surface area contributed by atoms with Crippen LogP contribution >= 0.6 is 0 Å². The van der Waals surface area contributed by atoms with Crippen LogP contribution in [-0.2, 0) is 4.79 Å². The lowest BCUT2D eigenvalue weighted by molar-refractivity contribution is -0.120. The van der Waals surface area contributed by atoms with Crippen molar-refractivity contribution in [2.45, 2.75) is 31.8 Å². The Bertz CT molecular complexity index is 546. The molecule has 3 heteroatoms. The number of hydrogen-bond donors (Lipinski definition) is 1. The minimum Gasteiger partial charge on any atom is -0.361 e. The molecule has 1 N–H and O–H groups in total. The highest BCUT2D eigenvalue weighted by atomic mass is 16.1. The topological polar surface area (TPSA) is 36.1 Å². The largest absolute Gasteiger partial charge is 0.361 e. The van der Waals surface area contributed by atoms with E-state index in [2.05, 4.69) is 24.0 Å². The predicted molar refractivity (Wildman–Crippen MR) is 67.6 cm³/mol. The first kappa shape index (κ1) is 10.4. The number of nitrogens with one attached hydrogen (secondary N) is 1. The number of benzene rings is 1. The standard InChI is InChI=1S/C14H16N2O/c1-10-6-7-14(16(10)9-17)12-8-15-13-5-3-2-4-11(12)13/h2-5,8-10,14-15H,6-7H2,1H3. The van der Waals surface area contributed by atoms with E-state index in [1.54, 1.807) is 0 Å². The smallest absolute Gasteiger partial charge is 0.210 e. The summed E-state index contributed by atoms with van der Waals surface area (Å²) >= 11 is 0. The number of amides is 1. The van der Waals surface area contributed by atoms with Crippen molar-refractivity contribution in [1.82, 2.24) is 9.88 Å². The molecular weight excluding hydrogens is 212 g/mol. The van der Waals surface area contributed by atoms with Gasteiger partial charge in [0.25, 0.3) is 0 Å². The molecule has 0 radical (unpaired) electrons. The van der Waals surface area contributed by atoms with E-state index in [1.165, 1.54) is 10.9 Å². The average Bonchev–Trinajstić information content (AvgIpc) is 2.92. The molecule has 0 saturated carbocycles. The van der Waals surface area contributed by atoms with Gasteiger partial charge in [-0.1, -0.05) is 18.2 Å². The van der Waals surface area contributed by atoms with E-state index in [9.17, 15) is 4.79 Å². The van der Waals surface area contributed by atoms with Crippen molar-refractivity contribution in [3.8, 4) is 0 Å². The van der Waals surface area contributed by atoms with Crippen LogP contribution in [0.4, 0.5) is 0 Å². The van der Waals surface area contributed by atoms with Crippen LogP contribution < -0.4 is 0 Å². The van der Waals surface area contributed by atoms with Crippen LogP contribution in [0.5, 0.6) is 0 Å². The Kier molecular flexibility index (Phi) is 2.39. The van der Waals surface area contributed by atoms with Crippen LogP contribution in [0, 0.1) is 0 Å². The van der Waals surface area contributed by atoms with Crippen LogP contribution in [0.15, 0.2) is 30.5 Å². The van der Waals surface area contributed by atoms with Crippen LogP contribution in [0.3, 0.4) is 0 Å². The number of nitrogens with zero attached hydrogens (tertiary/aromatic N) is 1. The number of aromatic nitrogens is 1. The van der Waals surface area contributed by atoms with Gasteiger partial charge < -0.3 is 9.88 Å². The number of para-hydroxylation sites is 1. The maximum atomic E-state index is 11.2. The lowest BCUT2D eigenvalue weighted by Gasteiger charge is -2.23. The Morgan fingerprint density at radius 2 is 2.18 bits per heavy atom. The first-order valence-corrected chi connectivity index (χ1v) is 6.10. The summed E-state index contributed by atoms with van der Waals surface area (Å²) in [6, 6.07) is 8.85. The first-order chi connectivity index (χ1) is 8.31. The molecule has 1 saturated heterocycles. The summed E-state index contributed by atoms with van der Waals surface area (Å²) in [6.45, 7) is 2.11. The number of aromatic amines is 1. The van der Waals surface area contributed by atoms with Crippen molar-refractivity contribution >= 4 is 17.3 Å².